The van der Waals surface area contributed by atoms with Gasteiger partial charge in [-0.1, -0.05) is 29.8 Å². The predicted octanol–water partition coefficient (Wildman–Crippen LogP) is 2.32. The first-order valence-corrected chi connectivity index (χ1v) is 5.65. The van der Waals surface area contributed by atoms with Crippen LogP contribution in [0.4, 0.5) is 0 Å². The van der Waals surface area contributed by atoms with E-state index in [0.29, 0.717) is 12.3 Å². The normalized spacial score (nSPS) is 13.1. The highest BCUT2D eigenvalue weighted by atomic mass is 79.9. The van der Waals surface area contributed by atoms with Crippen LogP contribution in [-0.2, 0) is 14.3 Å². The summed E-state index contributed by atoms with van der Waals surface area (Å²) in [6.45, 7) is 7.43. The molecular formula is C10H17BrO3. The lowest BCUT2D eigenvalue weighted by Gasteiger charge is -2.12. The maximum atomic E-state index is 11.4. The molecule has 0 fully saturated rings. The third-order valence-corrected chi connectivity index (χ3v) is 2.30. The minimum Gasteiger partial charge on any atom is -0.457 e. The third kappa shape index (κ3) is 5.37. The van der Waals surface area contributed by atoms with E-state index < -0.39 is 16.6 Å². The fourth-order valence-electron chi connectivity index (χ4n) is 0.921. The molecule has 14 heavy (non-hydrogen) atoms. The van der Waals surface area contributed by atoms with Gasteiger partial charge in [-0.25, -0.2) is 4.79 Å². The molecule has 0 aromatic heterocycles. The fourth-order valence-corrected chi connectivity index (χ4v) is 1.86. The van der Waals surface area contributed by atoms with Crippen LogP contribution in [-0.4, -0.2) is 22.7 Å². The van der Waals surface area contributed by atoms with Gasteiger partial charge in [0.05, 0.1) is 10.9 Å². The maximum Gasteiger partial charge on any atom is 0.376 e. The first kappa shape index (κ1) is 13.6. The summed E-state index contributed by atoms with van der Waals surface area (Å²) in [6.07, 6.45) is 0.400. The van der Waals surface area contributed by atoms with Crippen LogP contribution in [0.2, 0.25) is 0 Å². The highest BCUT2D eigenvalue weighted by Gasteiger charge is 2.25. The number of hydrogen-bond donors (Lipinski definition) is 0. The lowest BCUT2D eigenvalue weighted by Crippen LogP contribution is -2.29. The molecule has 0 aromatic carbocycles. The second-order valence-corrected chi connectivity index (χ2v) is 5.02. The molecule has 0 aromatic rings. The summed E-state index contributed by atoms with van der Waals surface area (Å²) in [5, 5.41) is 0. The van der Waals surface area contributed by atoms with Crippen LogP contribution in [0.5, 0.6) is 0 Å². The summed E-state index contributed by atoms with van der Waals surface area (Å²) in [5.74, 6) is -0.870. The summed E-state index contributed by atoms with van der Waals surface area (Å²) in [4.78, 5) is 22.1. The van der Waals surface area contributed by atoms with Crippen molar-refractivity contribution in [2.75, 3.05) is 0 Å². The number of Topliss-reactive ketones (excluding diaryl/α,β-unsaturated/α-hetero) is 1. The molecule has 0 rings (SSSR count). The van der Waals surface area contributed by atoms with Gasteiger partial charge in [0.15, 0.2) is 0 Å². The molecule has 0 radical (unpaired) electrons. The Balaban J connectivity index is 4.11. The molecule has 1 atom stereocenters. The number of rotatable bonds is 5. The Morgan fingerprint density at radius 3 is 2.07 bits per heavy atom. The smallest absolute Gasteiger partial charge is 0.376 e. The van der Waals surface area contributed by atoms with Gasteiger partial charge in [-0.3, -0.25) is 4.79 Å². The first-order valence-electron chi connectivity index (χ1n) is 4.73. The Morgan fingerprint density at radius 2 is 1.71 bits per heavy atom. The van der Waals surface area contributed by atoms with Crippen LogP contribution in [0.3, 0.4) is 0 Å². The summed E-state index contributed by atoms with van der Waals surface area (Å²) in [7, 11) is 0. The third-order valence-electron chi connectivity index (χ3n) is 1.51. The van der Waals surface area contributed by atoms with E-state index in [1.54, 1.807) is 13.8 Å². The molecule has 0 spiro atoms. The second kappa shape index (κ2) is 6.17. The molecule has 0 bridgehead atoms. The number of ketones is 1. The summed E-state index contributed by atoms with van der Waals surface area (Å²) >= 11 is 3.18. The summed E-state index contributed by atoms with van der Waals surface area (Å²) in [5.41, 5.74) is 0. The topological polar surface area (TPSA) is 43.4 Å². The van der Waals surface area contributed by atoms with Crippen molar-refractivity contribution in [2.24, 2.45) is 5.92 Å². The molecule has 0 saturated carbocycles. The molecule has 1 unspecified atom stereocenters. The van der Waals surface area contributed by atoms with Crippen molar-refractivity contribution >= 4 is 27.7 Å². The molecule has 82 valence electrons. The second-order valence-electron chi connectivity index (χ2n) is 3.92. The molecular weight excluding hydrogens is 248 g/mol. The van der Waals surface area contributed by atoms with E-state index in [1.807, 2.05) is 13.8 Å². The van der Waals surface area contributed by atoms with Crippen LogP contribution in [0.1, 0.15) is 34.1 Å². The van der Waals surface area contributed by atoms with Gasteiger partial charge in [0.1, 0.15) is 0 Å². The van der Waals surface area contributed by atoms with Crippen molar-refractivity contribution in [3.63, 3.8) is 0 Å². The maximum absolute atomic E-state index is 11.4. The number of esters is 1. The van der Waals surface area contributed by atoms with Crippen molar-refractivity contribution in [3.8, 4) is 0 Å². The van der Waals surface area contributed by atoms with E-state index in [4.69, 9.17) is 4.74 Å². The van der Waals surface area contributed by atoms with Crippen molar-refractivity contribution in [1.29, 1.82) is 0 Å². The van der Waals surface area contributed by atoms with E-state index in [-0.39, 0.29) is 6.10 Å². The molecule has 0 amide bonds. The molecule has 3 nitrogen and oxygen atoms in total. The zero-order chi connectivity index (χ0) is 11.3. The molecule has 0 N–H and O–H groups in total. The number of ether oxygens (including phenoxy) is 1. The van der Waals surface area contributed by atoms with E-state index in [9.17, 15) is 9.59 Å². The Morgan fingerprint density at radius 1 is 1.21 bits per heavy atom. The predicted molar refractivity (Wildman–Crippen MR) is 58.4 cm³/mol. The lowest BCUT2D eigenvalue weighted by atomic mass is 10.1. The fraction of sp³-hybridized carbons (Fsp3) is 0.800. The number of alkyl halides is 1. The van der Waals surface area contributed by atoms with Gasteiger partial charge >= 0.3 is 5.97 Å². The Bertz CT molecular complexity index is 211. The number of carbonyl (C=O) groups is 2. The van der Waals surface area contributed by atoms with Crippen molar-refractivity contribution in [1.82, 2.24) is 0 Å². The molecule has 0 heterocycles. The lowest BCUT2D eigenvalue weighted by molar-refractivity contribution is -0.156. The first-order chi connectivity index (χ1) is 6.34. The average Bonchev–Trinajstić information content (AvgIpc) is 2.00. The van der Waals surface area contributed by atoms with E-state index >= 15 is 0 Å². The van der Waals surface area contributed by atoms with Gasteiger partial charge in [-0.15, -0.1) is 0 Å². The summed E-state index contributed by atoms with van der Waals surface area (Å²) in [6, 6.07) is 0. The Hall–Kier alpha value is -0.380. The van der Waals surface area contributed by atoms with Gasteiger partial charge < -0.3 is 4.74 Å². The highest BCUT2D eigenvalue weighted by molar-refractivity contribution is 9.10. The van der Waals surface area contributed by atoms with Crippen molar-refractivity contribution in [3.05, 3.63) is 0 Å². The largest absolute Gasteiger partial charge is 0.457 e. The highest BCUT2D eigenvalue weighted by Crippen LogP contribution is 2.14. The SMILES string of the molecule is CC(C)CC(Br)C(=O)C(=O)OC(C)C. The monoisotopic (exact) mass is 264 g/mol. The Labute approximate surface area is 93.3 Å². The molecule has 0 saturated heterocycles. The number of carbonyl (C=O) groups excluding carboxylic acids is 2. The van der Waals surface area contributed by atoms with Crippen LogP contribution in [0, 0.1) is 5.92 Å². The van der Waals surface area contributed by atoms with Gasteiger partial charge in [0.2, 0.25) is 0 Å². The standard InChI is InChI=1S/C10H17BrO3/c1-6(2)5-8(11)9(12)10(13)14-7(3)4/h6-8H,5H2,1-4H3. The van der Waals surface area contributed by atoms with Crippen molar-refractivity contribution in [2.45, 2.75) is 45.0 Å². The average molecular weight is 265 g/mol. The molecule has 0 aliphatic heterocycles. The molecule has 4 heteroatoms. The zero-order valence-electron chi connectivity index (χ0n) is 9.04. The number of halogens is 1. The van der Waals surface area contributed by atoms with E-state index in [0.717, 1.165) is 0 Å². The summed E-state index contributed by atoms with van der Waals surface area (Å²) < 4.78 is 4.80. The quantitative estimate of drug-likeness (QED) is 0.435. The van der Waals surface area contributed by atoms with Gasteiger partial charge in [-0.05, 0) is 26.2 Å². The van der Waals surface area contributed by atoms with Crippen LogP contribution in [0.15, 0.2) is 0 Å². The Kier molecular flexibility index (Phi) is 6.00. The van der Waals surface area contributed by atoms with Crippen LogP contribution in [0.25, 0.3) is 0 Å². The van der Waals surface area contributed by atoms with Gasteiger partial charge in [0.25, 0.3) is 5.78 Å². The van der Waals surface area contributed by atoms with Crippen LogP contribution >= 0.6 is 15.9 Å². The van der Waals surface area contributed by atoms with Gasteiger partial charge in [-0.2, -0.15) is 0 Å². The minimum atomic E-state index is -0.748. The number of hydrogen-bond acceptors (Lipinski definition) is 3. The van der Waals surface area contributed by atoms with Crippen LogP contribution < -0.4 is 0 Å². The molecule has 0 aliphatic carbocycles. The molecule has 0 aliphatic rings. The van der Waals surface area contributed by atoms with Gasteiger partial charge in [0, 0.05) is 0 Å². The zero-order valence-corrected chi connectivity index (χ0v) is 10.6. The van der Waals surface area contributed by atoms with Crippen molar-refractivity contribution < 1.29 is 14.3 Å². The minimum absolute atomic E-state index is 0.245. The van der Waals surface area contributed by atoms with E-state index in [1.165, 1.54) is 0 Å². The van der Waals surface area contributed by atoms with E-state index in [2.05, 4.69) is 15.9 Å².